The molecule has 4 nitrogen and oxygen atoms in total. The summed E-state index contributed by atoms with van der Waals surface area (Å²) in [7, 11) is 1.79. The zero-order valence-corrected chi connectivity index (χ0v) is 12.6. The van der Waals surface area contributed by atoms with E-state index in [0.717, 1.165) is 17.6 Å². The van der Waals surface area contributed by atoms with Crippen LogP contribution in [-0.4, -0.2) is 19.0 Å². The van der Waals surface area contributed by atoms with E-state index in [1.54, 1.807) is 13.3 Å². The maximum Gasteiger partial charge on any atom is 0.191 e. The fraction of sp³-hybridized carbons (Fsp3) is 0.583. The normalized spacial score (nSPS) is 23.5. The molecule has 2 N–H and O–H groups in total. The summed E-state index contributed by atoms with van der Waals surface area (Å²) in [6, 6.07) is 4.41. The van der Waals surface area contributed by atoms with Crippen LogP contribution >= 0.6 is 24.0 Å². The van der Waals surface area contributed by atoms with E-state index < -0.39 is 0 Å². The summed E-state index contributed by atoms with van der Waals surface area (Å²) < 4.78 is 5.25. The molecule has 0 spiro atoms. The summed E-state index contributed by atoms with van der Waals surface area (Å²) in [5.74, 6) is 2.53. The maximum absolute atomic E-state index is 5.25. The maximum atomic E-state index is 5.25. The van der Waals surface area contributed by atoms with Crippen molar-refractivity contribution >= 4 is 29.9 Å². The third-order valence-electron chi connectivity index (χ3n) is 3.18. The number of hydrogen-bond donors (Lipinski definition) is 2. The minimum absolute atomic E-state index is 0. The Bertz CT molecular complexity index is 351. The highest BCUT2D eigenvalue weighted by Crippen LogP contribution is 2.26. The van der Waals surface area contributed by atoms with Crippen LogP contribution in [0.5, 0.6) is 0 Å². The molecule has 2 unspecified atom stereocenters. The van der Waals surface area contributed by atoms with Crippen LogP contribution in [0.1, 0.15) is 25.5 Å². The fourth-order valence-corrected chi connectivity index (χ4v) is 1.84. The highest BCUT2D eigenvalue weighted by Gasteiger charge is 2.27. The molecule has 0 bridgehead atoms. The Morgan fingerprint density at radius 1 is 1.53 bits per heavy atom. The van der Waals surface area contributed by atoms with Crippen molar-refractivity contribution in [2.45, 2.75) is 32.4 Å². The number of halogens is 1. The third-order valence-corrected chi connectivity index (χ3v) is 3.18. The molecule has 2 rings (SSSR count). The van der Waals surface area contributed by atoms with Crippen molar-refractivity contribution in [3.8, 4) is 0 Å². The molecular weight excluding hydrogens is 329 g/mol. The first-order valence-electron chi connectivity index (χ1n) is 5.79. The van der Waals surface area contributed by atoms with Crippen molar-refractivity contribution in [3.05, 3.63) is 24.2 Å². The first kappa shape index (κ1) is 14.3. The Morgan fingerprint density at radius 3 is 2.82 bits per heavy atom. The van der Waals surface area contributed by atoms with Gasteiger partial charge in [0.25, 0.3) is 0 Å². The van der Waals surface area contributed by atoms with E-state index in [-0.39, 0.29) is 24.0 Å². The number of hydrogen-bond acceptors (Lipinski definition) is 2. The first-order valence-corrected chi connectivity index (χ1v) is 5.79. The molecule has 1 aromatic rings. The van der Waals surface area contributed by atoms with Gasteiger partial charge in [0.1, 0.15) is 5.76 Å². The van der Waals surface area contributed by atoms with Gasteiger partial charge in [-0.15, -0.1) is 24.0 Å². The van der Waals surface area contributed by atoms with Crippen molar-refractivity contribution in [1.82, 2.24) is 10.6 Å². The SMILES string of the molecule is CN=C(NCc1ccco1)NC1CCC1C.I. The van der Waals surface area contributed by atoms with Crippen LogP contribution in [0, 0.1) is 5.92 Å². The second-order valence-corrected chi connectivity index (χ2v) is 4.31. The number of guanidine groups is 1. The summed E-state index contributed by atoms with van der Waals surface area (Å²) in [4.78, 5) is 4.20. The molecule has 1 fully saturated rings. The number of nitrogens with one attached hydrogen (secondary N) is 2. The lowest BCUT2D eigenvalue weighted by atomic mass is 9.81. The number of aliphatic imine (C=N–C) groups is 1. The molecule has 2 atom stereocenters. The second kappa shape index (κ2) is 6.88. The third kappa shape index (κ3) is 3.90. The molecule has 1 aliphatic rings. The van der Waals surface area contributed by atoms with Gasteiger partial charge in [0.15, 0.2) is 5.96 Å². The highest BCUT2D eigenvalue weighted by molar-refractivity contribution is 14.0. The van der Waals surface area contributed by atoms with Crippen LogP contribution in [0.15, 0.2) is 27.8 Å². The molecule has 1 heterocycles. The molecule has 5 heteroatoms. The number of furan rings is 1. The first-order chi connectivity index (χ1) is 7.79. The zero-order chi connectivity index (χ0) is 11.4. The Kier molecular flexibility index (Phi) is 5.80. The van der Waals surface area contributed by atoms with Gasteiger partial charge in [-0.25, -0.2) is 0 Å². The van der Waals surface area contributed by atoms with Crippen molar-refractivity contribution < 1.29 is 4.42 Å². The Hall–Kier alpha value is -0.720. The van der Waals surface area contributed by atoms with E-state index in [2.05, 4.69) is 22.5 Å². The average molecular weight is 349 g/mol. The number of rotatable bonds is 3. The van der Waals surface area contributed by atoms with Crippen LogP contribution in [0.3, 0.4) is 0 Å². The van der Waals surface area contributed by atoms with E-state index in [9.17, 15) is 0 Å². The van der Waals surface area contributed by atoms with Crippen molar-refractivity contribution in [3.63, 3.8) is 0 Å². The van der Waals surface area contributed by atoms with E-state index in [1.165, 1.54) is 12.8 Å². The summed E-state index contributed by atoms with van der Waals surface area (Å²) >= 11 is 0. The van der Waals surface area contributed by atoms with Gasteiger partial charge in [-0.3, -0.25) is 4.99 Å². The molecule has 0 amide bonds. The largest absolute Gasteiger partial charge is 0.467 e. The van der Waals surface area contributed by atoms with Crippen molar-refractivity contribution in [2.24, 2.45) is 10.9 Å². The van der Waals surface area contributed by atoms with Crippen molar-refractivity contribution in [2.75, 3.05) is 7.05 Å². The topological polar surface area (TPSA) is 49.6 Å². The quantitative estimate of drug-likeness (QED) is 0.500. The second-order valence-electron chi connectivity index (χ2n) is 4.31. The number of nitrogens with zero attached hydrogens (tertiary/aromatic N) is 1. The minimum Gasteiger partial charge on any atom is -0.467 e. The zero-order valence-electron chi connectivity index (χ0n) is 10.3. The molecule has 1 aliphatic carbocycles. The molecule has 0 aliphatic heterocycles. The molecular formula is C12H20IN3O. The molecule has 0 saturated heterocycles. The van der Waals surface area contributed by atoms with Gasteiger partial charge in [0.05, 0.1) is 12.8 Å². The Balaban J connectivity index is 0.00000144. The smallest absolute Gasteiger partial charge is 0.191 e. The monoisotopic (exact) mass is 349 g/mol. The molecule has 0 radical (unpaired) electrons. The lowest BCUT2D eigenvalue weighted by Gasteiger charge is -2.35. The predicted octanol–water partition coefficient (Wildman–Crippen LogP) is 2.36. The standard InChI is InChI=1S/C12H19N3O.HI/c1-9-5-6-11(9)15-12(13-2)14-8-10-4-3-7-16-10;/h3-4,7,9,11H,5-6,8H2,1-2H3,(H2,13,14,15);1H. The molecule has 0 aromatic carbocycles. The summed E-state index contributed by atoms with van der Waals surface area (Å²) in [6.45, 7) is 2.94. The van der Waals surface area contributed by atoms with Gasteiger partial charge >= 0.3 is 0 Å². The van der Waals surface area contributed by atoms with Gasteiger partial charge < -0.3 is 15.1 Å². The van der Waals surface area contributed by atoms with Crippen LogP contribution < -0.4 is 10.6 Å². The average Bonchev–Trinajstić information content (AvgIpc) is 2.80. The van der Waals surface area contributed by atoms with Gasteiger partial charge in [-0.1, -0.05) is 6.92 Å². The van der Waals surface area contributed by atoms with Crippen LogP contribution in [0.4, 0.5) is 0 Å². The lowest BCUT2D eigenvalue weighted by molar-refractivity contribution is 0.255. The van der Waals surface area contributed by atoms with E-state index in [0.29, 0.717) is 12.6 Å². The summed E-state index contributed by atoms with van der Waals surface area (Å²) in [5, 5.41) is 6.65. The van der Waals surface area contributed by atoms with Crippen LogP contribution in [-0.2, 0) is 6.54 Å². The molecule has 1 aromatic heterocycles. The van der Waals surface area contributed by atoms with Gasteiger partial charge in [0, 0.05) is 13.1 Å². The van der Waals surface area contributed by atoms with E-state index in [1.807, 2.05) is 12.1 Å². The van der Waals surface area contributed by atoms with Gasteiger partial charge in [0.2, 0.25) is 0 Å². The van der Waals surface area contributed by atoms with Gasteiger partial charge in [-0.2, -0.15) is 0 Å². The molecule has 96 valence electrons. The summed E-state index contributed by atoms with van der Waals surface area (Å²) in [6.07, 6.45) is 4.23. The fourth-order valence-electron chi connectivity index (χ4n) is 1.84. The Morgan fingerprint density at radius 2 is 2.35 bits per heavy atom. The summed E-state index contributed by atoms with van der Waals surface area (Å²) in [5.41, 5.74) is 0. The molecule has 17 heavy (non-hydrogen) atoms. The Labute approximate surface area is 119 Å². The predicted molar refractivity (Wildman–Crippen MR) is 79.6 cm³/mol. The van der Waals surface area contributed by atoms with E-state index in [4.69, 9.17) is 4.42 Å². The van der Waals surface area contributed by atoms with Crippen LogP contribution in [0.25, 0.3) is 0 Å². The van der Waals surface area contributed by atoms with Crippen LogP contribution in [0.2, 0.25) is 0 Å². The minimum atomic E-state index is 0. The lowest BCUT2D eigenvalue weighted by Crippen LogP contribution is -2.50. The highest BCUT2D eigenvalue weighted by atomic mass is 127. The van der Waals surface area contributed by atoms with Crippen molar-refractivity contribution in [1.29, 1.82) is 0 Å². The van der Waals surface area contributed by atoms with Gasteiger partial charge in [-0.05, 0) is 30.9 Å². The molecule has 1 saturated carbocycles. The van der Waals surface area contributed by atoms with E-state index >= 15 is 0 Å².